The predicted octanol–water partition coefficient (Wildman–Crippen LogP) is 2.76. The summed E-state index contributed by atoms with van der Waals surface area (Å²) in [6, 6.07) is 9.93. The maximum absolute atomic E-state index is 5.72. The van der Waals surface area contributed by atoms with Crippen molar-refractivity contribution >= 4 is 11.8 Å². The molecule has 0 amide bonds. The van der Waals surface area contributed by atoms with Crippen LogP contribution in [0.3, 0.4) is 0 Å². The Balaban J connectivity index is 1.70. The van der Waals surface area contributed by atoms with E-state index in [1.54, 1.807) is 24.3 Å². The summed E-state index contributed by atoms with van der Waals surface area (Å²) in [7, 11) is 1.91. The number of aryl methyl sites for hydroxylation is 1. The third-order valence-electron chi connectivity index (χ3n) is 2.61. The minimum atomic E-state index is 0.638. The lowest BCUT2D eigenvalue weighted by Crippen LogP contribution is -1.89. The van der Waals surface area contributed by atoms with Gasteiger partial charge >= 0.3 is 0 Å². The highest BCUT2D eigenvalue weighted by Crippen LogP contribution is 2.24. The molecular weight excluding hydrogens is 260 g/mol. The fourth-order valence-electron chi connectivity index (χ4n) is 1.64. The minimum absolute atomic E-state index is 0.638. The summed E-state index contributed by atoms with van der Waals surface area (Å²) in [5.74, 6) is 2.11. The third kappa shape index (κ3) is 2.68. The molecule has 0 aliphatic carbocycles. The van der Waals surface area contributed by atoms with E-state index in [9.17, 15) is 0 Å². The van der Waals surface area contributed by atoms with Crippen molar-refractivity contribution in [2.24, 2.45) is 7.05 Å². The molecule has 0 saturated carbocycles. The molecule has 2 heterocycles. The number of oxazole rings is 1. The van der Waals surface area contributed by atoms with Crippen LogP contribution in [0.2, 0.25) is 0 Å². The molecule has 6 heteroatoms. The molecule has 3 aromatic rings. The van der Waals surface area contributed by atoms with E-state index in [4.69, 9.17) is 4.42 Å². The zero-order chi connectivity index (χ0) is 13.1. The van der Waals surface area contributed by atoms with Crippen LogP contribution < -0.4 is 0 Å². The van der Waals surface area contributed by atoms with Gasteiger partial charge in [-0.3, -0.25) is 0 Å². The molecule has 0 saturated heterocycles. The molecule has 96 valence electrons. The zero-order valence-corrected chi connectivity index (χ0v) is 11.2. The summed E-state index contributed by atoms with van der Waals surface area (Å²) in [6.07, 6.45) is 3.43. The Bertz CT molecular complexity index is 662. The van der Waals surface area contributed by atoms with Crippen LogP contribution in [0.1, 0.15) is 5.89 Å². The highest BCUT2D eigenvalue weighted by Gasteiger charge is 2.08. The van der Waals surface area contributed by atoms with E-state index >= 15 is 0 Å². The average Bonchev–Trinajstić information content (AvgIpc) is 3.06. The highest BCUT2D eigenvalue weighted by molar-refractivity contribution is 7.98. The van der Waals surface area contributed by atoms with E-state index in [2.05, 4.69) is 15.2 Å². The van der Waals surface area contributed by atoms with Gasteiger partial charge in [-0.1, -0.05) is 42.1 Å². The second kappa shape index (κ2) is 5.27. The molecule has 0 aliphatic rings. The largest absolute Gasteiger partial charge is 0.440 e. The van der Waals surface area contributed by atoms with Crippen molar-refractivity contribution in [2.75, 3.05) is 0 Å². The minimum Gasteiger partial charge on any atom is -0.440 e. The standard InChI is InChI=1S/C13H12N4OS/c1-17-9-15-16-13(17)19-8-12-14-7-11(18-12)10-5-3-2-4-6-10/h2-7,9H,8H2,1H3. The summed E-state index contributed by atoms with van der Waals surface area (Å²) in [5.41, 5.74) is 1.03. The normalized spacial score (nSPS) is 10.8. The third-order valence-corrected chi connectivity index (χ3v) is 3.63. The van der Waals surface area contributed by atoms with Gasteiger partial charge in [0.2, 0.25) is 5.89 Å². The van der Waals surface area contributed by atoms with E-state index in [1.165, 1.54) is 0 Å². The van der Waals surface area contributed by atoms with E-state index in [-0.39, 0.29) is 0 Å². The van der Waals surface area contributed by atoms with Crippen molar-refractivity contribution in [1.82, 2.24) is 19.7 Å². The van der Waals surface area contributed by atoms with Crippen LogP contribution in [0.15, 0.2) is 52.4 Å². The molecule has 1 aromatic carbocycles. The molecule has 0 radical (unpaired) electrons. The topological polar surface area (TPSA) is 56.7 Å². The van der Waals surface area contributed by atoms with E-state index in [1.807, 2.05) is 41.9 Å². The lowest BCUT2D eigenvalue weighted by atomic mass is 10.2. The molecule has 0 bridgehead atoms. The first-order chi connectivity index (χ1) is 9.33. The van der Waals surface area contributed by atoms with Crippen molar-refractivity contribution in [3.63, 3.8) is 0 Å². The van der Waals surface area contributed by atoms with E-state index < -0.39 is 0 Å². The van der Waals surface area contributed by atoms with Crippen LogP contribution in [0.4, 0.5) is 0 Å². The van der Waals surface area contributed by atoms with Gasteiger partial charge in [0.1, 0.15) is 6.33 Å². The van der Waals surface area contributed by atoms with Gasteiger partial charge in [-0.05, 0) is 0 Å². The second-order valence-electron chi connectivity index (χ2n) is 4.00. The zero-order valence-electron chi connectivity index (χ0n) is 10.4. The molecule has 0 aliphatic heterocycles. The number of rotatable bonds is 4. The molecule has 0 fully saturated rings. The first kappa shape index (κ1) is 12.0. The molecule has 3 rings (SSSR count). The maximum Gasteiger partial charge on any atom is 0.205 e. The SMILES string of the molecule is Cn1cnnc1SCc1ncc(-c2ccccc2)o1. The van der Waals surface area contributed by atoms with Crippen LogP contribution >= 0.6 is 11.8 Å². The molecule has 2 aromatic heterocycles. The summed E-state index contributed by atoms with van der Waals surface area (Å²) in [4.78, 5) is 4.28. The van der Waals surface area contributed by atoms with Gasteiger partial charge in [0, 0.05) is 12.6 Å². The lowest BCUT2D eigenvalue weighted by molar-refractivity contribution is 0.529. The number of aromatic nitrogens is 4. The van der Waals surface area contributed by atoms with E-state index in [0.29, 0.717) is 11.6 Å². The van der Waals surface area contributed by atoms with Crippen LogP contribution in [0, 0.1) is 0 Å². The Kier molecular flexibility index (Phi) is 3.33. The van der Waals surface area contributed by atoms with Crippen LogP contribution in [-0.4, -0.2) is 19.7 Å². The van der Waals surface area contributed by atoms with Crippen molar-refractivity contribution in [3.05, 3.63) is 48.7 Å². The molecule has 0 spiro atoms. The number of benzene rings is 1. The number of hydrogen-bond donors (Lipinski definition) is 0. The summed E-state index contributed by atoms with van der Waals surface area (Å²) >= 11 is 1.55. The first-order valence-corrected chi connectivity index (χ1v) is 6.78. The Morgan fingerprint density at radius 1 is 1.26 bits per heavy atom. The van der Waals surface area contributed by atoms with Crippen LogP contribution in [0.5, 0.6) is 0 Å². The molecule has 19 heavy (non-hydrogen) atoms. The van der Waals surface area contributed by atoms with Crippen molar-refractivity contribution in [2.45, 2.75) is 10.9 Å². The summed E-state index contributed by atoms with van der Waals surface area (Å²) < 4.78 is 7.59. The van der Waals surface area contributed by atoms with Crippen LogP contribution in [0.25, 0.3) is 11.3 Å². The predicted molar refractivity (Wildman–Crippen MR) is 72.5 cm³/mol. The molecule has 0 atom stereocenters. The Labute approximate surface area is 114 Å². The van der Waals surface area contributed by atoms with Gasteiger partial charge < -0.3 is 8.98 Å². The van der Waals surface area contributed by atoms with E-state index in [0.717, 1.165) is 16.5 Å². The second-order valence-corrected chi connectivity index (χ2v) is 4.94. The molecular formula is C13H12N4OS. The van der Waals surface area contributed by atoms with Gasteiger partial charge in [0.05, 0.1) is 11.9 Å². The molecule has 0 unspecified atom stereocenters. The van der Waals surface area contributed by atoms with Gasteiger partial charge in [0.25, 0.3) is 0 Å². The average molecular weight is 272 g/mol. The number of hydrogen-bond acceptors (Lipinski definition) is 5. The van der Waals surface area contributed by atoms with Gasteiger partial charge in [-0.25, -0.2) is 4.98 Å². The highest BCUT2D eigenvalue weighted by atomic mass is 32.2. The summed E-state index contributed by atoms with van der Waals surface area (Å²) in [6.45, 7) is 0. The number of thioether (sulfide) groups is 1. The first-order valence-electron chi connectivity index (χ1n) is 5.80. The smallest absolute Gasteiger partial charge is 0.205 e. The quantitative estimate of drug-likeness (QED) is 0.683. The van der Waals surface area contributed by atoms with Gasteiger partial charge in [0.15, 0.2) is 10.9 Å². The molecule has 0 N–H and O–H groups in total. The van der Waals surface area contributed by atoms with Crippen molar-refractivity contribution in [3.8, 4) is 11.3 Å². The van der Waals surface area contributed by atoms with Crippen molar-refractivity contribution in [1.29, 1.82) is 0 Å². The van der Waals surface area contributed by atoms with Crippen molar-refractivity contribution < 1.29 is 4.42 Å². The van der Waals surface area contributed by atoms with Crippen LogP contribution in [-0.2, 0) is 12.8 Å². The Hall–Kier alpha value is -2.08. The Morgan fingerprint density at radius 3 is 2.84 bits per heavy atom. The fourth-order valence-corrected chi connectivity index (χ4v) is 2.38. The van der Waals surface area contributed by atoms with Gasteiger partial charge in [-0.15, -0.1) is 10.2 Å². The lowest BCUT2D eigenvalue weighted by Gasteiger charge is -1.97. The maximum atomic E-state index is 5.72. The fraction of sp³-hybridized carbons (Fsp3) is 0.154. The van der Waals surface area contributed by atoms with Gasteiger partial charge in [-0.2, -0.15) is 0 Å². The molecule has 5 nitrogen and oxygen atoms in total. The Morgan fingerprint density at radius 2 is 2.11 bits per heavy atom. The summed E-state index contributed by atoms with van der Waals surface area (Å²) in [5, 5.41) is 8.68. The number of nitrogens with zero attached hydrogens (tertiary/aromatic N) is 4. The monoisotopic (exact) mass is 272 g/mol.